The van der Waals surface area contributed by atoms with E-state index in [2.05, 4.69) is 30.2 Å². The molecule has 0 spiro atoms. The van der Waals surface area contributed by atoms with Crippen molar-refractivity contribution in [1.29, 1.82) is 0 Å². The molecule has 9 nitrogen and oxygen atoms in total. The summed E-state index contributed by atoms with van der Waals surface area (Å²) in [5, 5.41) is 4.69. The first kappa shape index (κ1) is 22.1. The first-order valence-electron chi connectivity index (χ1n) is 10.7. The number of anilines is 4. The van der Waals surface area contributed by atoms with E-state index in [1.54, 1.807) is 0 Å². The summed E-state index contributed by atoms with van der Waals surface area (Å²) in [7, 11) is 0. The highest BCUT2D eigenvalue weighted by molar-refractivity contribution is 7.98. The maximum absolute atomic E-state index is 6.81. The number of rotatable bonds is 4. The molecule has 0 fully saturated rings. The van der Waals surface area contributed by atoms with Gasteiger partial charge in [-0.15, -0.1) is 0 Å². The number of hydrogen-bond donors (Lipinski definition) is 4. The molecular weight excluding hydrogens is 446 g/mol. The molecule has 1 aliphatic rings. The van der Waals surface area contributed by atoms with Crippen LogP contribution in [-0.2, 0) is 12.0 Å². The van der Waals surface area contributed by atoms with Crippen LogP contribution in [0.1, 0.15) is 28.5 Å². The van der Waals surface area contributed by atoms with Crippen LogP contribution < -0.4 is 22.5 Å². The number of fused-ring (bicyclic) bond motifs is 2. The molecule has 3 aromatic heterocycles. The van der Waals surface area contributed by atoms with Crippen molar-refractivity contribution < 1.29 is 0 Å². The van der Waals surface area contributed by atoms with Crippen molar-refractivity contribution in [1.82, 2.24) is 24.9 Å². The first-order chi connectivity index (χ1) is 16.2. The van der Waals surface area contributed by atoms with Gasteiger partial charge in [-0.2, -0.15) is 9.97 Å². The van der Waals surface area contributed by atoms with Gasteiger partial charge in [0.25, 0.3) is 0 Å². The number of hydrogen-bond acceptors (Lipinski definition) is 10. The van der Waals surface area contributed by atoms with E-state index in [1.807, 2.05) is 62.6 Å². The van der Waals surface area contributed by atoms with Gasteiger partial charge in [0.1, 0.15) is 0 Å². The number of thioether (sulfide) groups is 1. The number of nitrogen functional groups attached to an aromatic ring is 2. The second-order valence-electron chi connectivity index (χ2n) is 8.45. The normalized spacial score (nSPS) is 17.1. The molecule has 1 aromatic carbocycles. The summed E-state index contributed by atoms with van der Waals surface area (Å²) in [5.74, 6) is 0.847. The Morgan fingerprint density at radius 3 is 2.50 bits per heavy atom. The molecule has 0 amide bonds. The Morgan fingerprint density at radius 1 is 0.941 bits per heavy atom. The average molecular weight is 472 g/mol. The summed E-state index contributed by atoms with van der Waals surface area (Å²) < 4.78 is 0. The molecular formula is C24H25N9S. The third-order valence-corrected chi connectivity index (χ3v) is 6.31. The maximum Gasteiger partial charge on any atom is 0.231 e. The minimum absolute atomic E-state index is 0.395. The Kier molecular flexibility index (Phi) is 5.34. The minimum atomic E-state index is -0.947. The number of nitrogens with zero attached hydrogens (tertiary/aromatic N) is 5. The van der Waals surface area contributed by atoms with E-state index in [4.69, 9.17) is 17.2 Å². The zero-order valence-corrected chi connectivity index (χ0v) is 19.9. The summed E-state index contributed by atoms with van der Waals surface area (Å²) in [6, 6.07) is 9.48. The fourth-order valence-corrected chi connectivity index (χ4v) is 4.48. The van der Waals surface area contributed by atoms with Crippen LogP contribution in [0, 0.1) is 13.8 Å². The largest absolute Gasteiger partial charge is 0.398 e. The van der Waals surface area contributed by atoms with Crippen molar-refractivity contribution in [3.8, 4) is 0 Å². The highest BCUT2D eigenvalue weighted by atomic mass is 32.2. The van der Waals surface area contributed by atoms with Crippen LogP contribution in [-0.4, -0.2) is 31.2 Å². The summed E-state index contributed by atoms with van der Waals surface area (Å²) >= 11 is 1.42. The zero-order valence-electron chi connectivity index (χ0n) is 19.1. The van der Waals surface area contributed by atoms with E-state index in [-0.39, 0.29) is 0 Å². The van der Waals surface area contributed by atoms with Crippen LogP contribution in [0.5, 0.6) is 0 Å². The van der Waals surface area contributed by atoms with Crippen molar-refractivity contribution in [2.24, 2.45) is 5.73 Å². The SMILES string of the molecule is CSc1nc(Nc2ccc3nc(C)cc(N)c3c2)nc(C2(N)C=Cc3nc(C)cc(N)c3C2)n1. The van der Waals surface area contributed by atoms with E-state index in [0.29, 0.717) is 34.7 Å². The van der Waals surface area contributed by atoms with Crippen LogP contribution in [0.3, 0.4) is 0 Å². The molecule has 0 saturated carbocycles. The molecule has 4 aromatic rings. The molecule has 0 radical (unpaired) electrons. The molecule has 1 atom stereocenters. The summed E-state index contributed by atoms with van der Waals surface area (Å²) in [4.78, 5) is 22.9. The number of aryl methyl sites for hydroxylation is 2. The highest BCUT2D eigenvalue weighted by Crippen LogP contribution is 2.34. The lowest BCUT2D eigenvalue weighted by atomic mass is 9.84. The Hall–Kier alpha value is -3.76. The molecule has 1 unspecified atom stereocenters. The van der Waals surface area contributed by atoms with Crippen LogP contribution in [0.25, 0.3) is 17.0 Å². The Bertz CT molecular complexity index is 1470. The molecule has 0 saturated heterocycles. The lowest BCUT2D eigenvalue weighted by Gasteiger charge is -2.29. The smallest absolute Gasteiger partial charge is 0.231 e. The van der Waals surface area contributed by atoms with Crippen LogP contribution in [0.15, 0.2) is 41.6 Å². The summed E-state index contributed by atoms with van der Waals surface area (Å²) in [6.45, 7) is 3.84. The fourth-order valence-electron chi connectivity index (χ4n) is 4.12. The number of aromatic nitrogens is 5. The Labute approximate surface area is 201 Å². The van der Waals surface area contributed by atoms with E-state index >= 15 is 0 Å². The van der Waals surface area contributed by atoms with Gasteiger partial charge < -0.3 is 22.5 Å². The van der Waals surface area contributed by atoms with Gasteiger partial charge in [0, 0.05) is 45.8 Å². The molecule has 1 aliphatic carbocycles. The van der Waals surface area contributed by atoms with Crippen molar-refractivity contribution in [3.63, 3.8) is 0 Å². The van der Waals surface area contributed by atoms with E-state index < -0.39 is 5.54 Å². The summed E-state index contributed by atoms with van der Waals surface area (Å²) in [6.07, 6.45) is 6.12. The van der Waals surface area contributed by atoms with Gasteiger partial charge in [0.15, 0.2) is 11.0 Å². The molecule has 34 heavy (non-hydrogen) atoms. The first-order valence-corrected chi connectivity index (χ1v) is 11.9. The standard InChI is InChI=1S/C24H25N9S/c1-12-8-17(25)15-10-14(4-5-19(15)28-12)30-22-31-21(32-23(33-22)34-3)24(27)7-6-20-16(11-24)18(26)9-13(2)29-20/h4-10H,11,27H2,1-3H3,(H2,25,28)(H2,26,29)(H,30,31,32,33). The molecule has 0 aliphatic heterocycles. The molecule has 0 bridgehead atoms. The van der Waals surface area contributed by atoms with E-state index in [9.17, 15) is 0 Å². The van der Waals surface area contributed by atoms with Crippen LogP contribution >= 0.6 is 11.8 Å². The topological polar surface area (TPSA) is 155 Å². The van der Waals surface area contributed by atoms with Gasteiger partial charge in [-0.25, -0.2) is 4.98 Å². The number of benzene rings is 1. The molecule has 7 N–H and O–H groups in total. The van der Waals surface area contributed by atoms with Gasteiger partial charge >= 0.3 is 0 Å². The second-order valence-corrected chi connectivity index (χ2v) is 9.22. The van der Waals surface area contributed by atoms with Crippen molar-refractivity contribution in [3.05, 3.63) is 64.9 Å². The third-order valence-electron chi connectivity index (χ3n) is 5.77. The third kappa shape index (κ3) is 4.02. The van der Waals surface area contributed by atoms with E-state index in [0.717, 1.165) is 39.2 Å². The molecule has 172 valence electrons. The highest BCUT2D eigenvalue weighted by Gasteiger charge is 2.34. The van der Waals surface area contributed by atoms with Gasteiger partial charge in [0.05, 0.1) is 16.7 Å². The Balaban J connectivity index is 1.52. The maximum atomic E-state index is 6.81. The predicted molar refractivity (Wildman–Crippen MR) is 138 cm³/mol. The number of nitrogens with one attached hydrogen (secondary N) is 1. The second kappa shape index (κ2) is 8.23. The average Bonchev–Trinajstić information content (AvgIpc) is 2.80. The van der Waals surface area contributed by atoms with Gasteiger partial charge in [0.2, 0.25) is 5.95 Å². The van der Waals surface area contributed by atoms with Crippen molar-refractivity contribution in [2.75, 3.05) is 23.0 Å². The Morgan fingerprint density at radius 2 is 1.71 bits per heavy atom. The number of pyridine rings is 2. The zero-order chi connectivity index (χ0) is 24.0. The molecule has 10 heteroatoms. The summed E-state index contributed by atoms with van der Waals surface area (Å²) in [5.41, 5.74) is 24.8. The van der Waals surface area contributed by atoms with Gasteiger partial charge in [-0.1, -0.05) is 17.8 Å². The van der Waals surface area contributed by atoms with Crippen LogP contribution in [0.4, 0.5) is 23.0 Å². The van der Waals surface area contributed by atoms with Crippen molar-refractivity contribution in [2.45, 2.75) is 31.0 Å². The van der Waals surface area contributed by atoms with Crippen LogP contribution in [0.2, 0.25) is 0 Å². The number of nitrogens with two attached hydrogens (primary N) is 3. The van der Waals surface area contributed by atoms with E-state index in [1.165, 1.54) is 11.8 Å². The lowest BCUT2D eigenvalue weighted by Crippen LogP contribution is -2.41. The molecule has 3 heterocycles. The van der Waals surface area contributed by atoms with Crippen molar-refractivity contribution >= 4 is 51.8 Å². The van der Waals surface area contributed by atoms with Gasteiger partial charge in [-0.3, -0.25) is 9.97 Å². The van der Waals surface area contributed by atoms with Gasteiger partial charge in [-0.05, 0) is 56.5 Å². The molecule has 5 rings (SSSR count). The quantitative estimate of drug-likeness (QED) is 0.325. The predicted octanol–water partition coefficient (Wildman–Crippen LogP) is 3.49. The monoisotopic (exact) mass is 471 g/mol. The lowest BCUT2D eigenvalue weighted by molar-refractivity contribution is 0.506. The minimum Gasteiger partial charge on any atom is -0.398 e. The fraction of sp³-hybridized carbons (Fsp3) is 0.208.